The summed E-state index contributed by atoms with van der Waals surface area (Å²) in [5.41, 5.74) is -0.654. The van der Waals surface area contributed by atoms with Crippen molar-refractivity contribution in [3.63, 3.8) is 0 Å². The minimum atomic E-state index is -1.00. The van der Waals surface area contributed by atoms with Gasteiger partial charge in [0, 0.05) is 33.7 Å². The Labute approximate surface area is 148 Å². The molecule has 0 aromatic carbocycles. The lowest BCUT2D eigenvalue weighted by molar-refractivity contribution is -0.313. The predicted octanol–water partition coefficient (Wildman–Crippen LogP) is 2.37. The Morgan fingerprint density at radius 1 is 1.04 bits per heavy atom. The zero-order valence-corrected chi connectivity index (χ0v) is 15.3. The van der Waals surface area contributed by atoms with E-state index in [1.165, 1.54) is 25.7 Å². The molecule has 3 aliphatic heterocycles. The SMILES string of the molecule is COC1(OC)C2=C(CC(CCC3CCC4OC4C3)C1(OC)C1CO1)O2. The minimum Gasteiger partial charge on any atom is -0.453 e. The molecule has 0 N–H and O–H groups in total. The topological polar surface area (TPSA) is 65.3 Å². The first kappa shape index (κ1) is 16.5. The summed E-state index contributed by atoms with van der Waals surface area (Å²) >= 11 is 0. The number of hydrogen-bond acceptors (Lipinski definition) is 6. The van der Waals surface area contributed by atoms with E-state index < -0.39 is 11.4 Å². The first-order valence-corrected chi connectivity index (χ1v) is 9.52. The number of methoxy groups -OCH3 is 3. The third-order valence-electron chi connectivity index (χ3n) is 7.05. The molecule has 0 bridgehead atoms. The van der Waals surface area contributed by atoms with Gasteiger partial charge in [-0.3, -0.25) is 0 Å². The second-order valence-corrected chi connectivity index (χ2v) is 8.07. The van der Waals surface area contributed by atoms with Gasteiger partial charge in [0.15, 0.2) is 5.60 Å². The summed E-state index contributed by atoms with van der Waals surface area (Å²) in [4.78, 5) is 0. The molecule has 0 aromatic heterocycles. The third kappa shape index (κ3) is 2.28. The molecule has 2 aliphatic carbocycles. The molecule has 140 valence electrons. The fraction of sp³-hybridized carbons (Fsp3) is 0.895. The molecule has 5 rings (SSSR count). The molecule has 25 heavy (non-hydrogen) atoms. The van der Waals surface area contributed by atoms with Crippen LogP contribution in [0.2, 0.25) is 0 Å². The summed E-state index contributed by atoms with van der Waals surface area (Å²) in [6, 6.07) is 0. The number of hydrogen-bond donors (Lipinski definition) is 0. The highest BCUT2D eigenvalue weighted by Crippen LogP contribution is 2.61. The summed E-state index contributed by atoms with van der Waals surface area (Å²) in [6.45, 7) is 0.683. The first-order chi connectivity index (χ1) is 12.2. The molecule has 1 saturated carbocycles. The standard InChI is InChI=1S/C19H28O6/c1-20-18(16-10-23-16)12(6-4-11-5-7-13-14(8-11)24-13)9-15-17(25-15)19(18,21-2)22-3/h11-14,16H,4-10H2,1-3H3. The highest BCUT2D eigenvalue weighted by Gasteiger charge is 2.74. The lowest BCUT2D eigenvalue weighted by Crippen LogP contribution is -2.66. The minimum absolute atomic E-state index is 0.0110. The third-order valence-corrected chi connectivity index (χ3v) is 7.05. The number of epoxide rings is 2. The molecular weight excluding hydrogens is 324 g/mol. The van der Waals surface area contributed by atoms with Crippen LogP contribution in [0, 0.1) is 11.8 Å². The van der Waals surface area contributed by atoms with Crippen molar-refractivity contribution in [3.05, 3.63) is 11.5 Å². The van der Waals surface area contributed by atoms with Crippen LogP contribution in [0.3, 0.4) is 0 Å². The van der Waals surface area contributed by atoms with E-state index in [2.05, 4.69) is 0 Å². The van der Waals surface area contributed by atoms with E-state index in [-0.39, 0.29) is 12.0 Å². The Hall–Kier alpha value is -0.660. The molecule has 6 atom stereocenters. The number of rotatable bonds is 7. The Morgan fingerprint density at radius 2 is 1.84 bits per heavy atom. The lowest BCUT2D eigenvalue weighted by Gasteiger charge is -2.49. The molecule has 0 aromatic rings. The summed E-state index contributed by atoms with van der Waals surface area (Å²) < 4.78 is 35.2. The van der Waals surface area contributed by atoms with E-state index in [1.54, 1.807) is 21.3 Å². The molecule has 5 aliphatic rings. The van der Waals surface area contributed by atoms with Crippen molar-refractivity contribution in [2.24, 2.45) is 11.8 Å². The van der Waals surface area contributed by atoms with Gasteiger partial charge in [-0.15, -0.1) is 0 Å². The normalized spacial score (nSPS) is 46.1. The Kier molecular flexibility index (Phi) is 3.74. The van der Waals surface area contributed by atoms with Crippen molar-refractivity contribution in [1.82, 2.24) is 0 Å². The average molecular weight is 352 g/mol. The number of ether oxygens (including phenoxy) is 6. The quantitative estimate of drug-likeness (QED) is 0.518. The van der Waals surface area contributed by atoms with Crippen molar-refractivity contribution >= 4 is 0 Å². The first-order valence-electron chi connectivity index (χ1n) is 9.52. The van der Waals surface area contributed by atoms with Gasteiger partial charge in [0.1, 0.15) is 11.9 Å². The largest absolute Gasteiger partial charge is 0.453 e. The zero-order valence-electron chi connectivity index (χ0n) is 15.3. The van der Waals surface area contributed by atoms with E-state index in [4.69, 9.17) is 28.4 Å². The van der Waals surface area contributed by atoms with E-state index in [1.807, 2.05) is 0 Å². The van der Waals surface area contributed by atoms with Crippen LogP contribution < -0.4 is 0 Å². The van der Waals surface area contributed by atoms with E-state index in [0.29, 0.717) is 18.8 Å². The molecule has 0 amide bonds. The van der Waals surface area contributed by atoms with Crippen LogP contribution >= 0.6 is 0 Å². The number of allylic oxidation sites excluding steroid dienone is 1. The van der Waals surface area contributed by atoms with Gasteiger partial charge >= 0.3 is 0 Å². The Morgan fingerprint density at radius 3 is 2.48 bits per heavy atom. The van der Waals surface area contributed by atoms with Crippen LogP contribution in [0.4, 0.5) is 0 Å². The molecule has 0 radical (unpaired) electrons. The van der Waals surface area contributed by atoms with Crippen molar-refractivity contribution < 1.29 is 28.4 Å². The Bertz CT molecular complexity index is 580. The van der Waals surface area contributed by atoms with Gasteiger partial charge in [0.2, 0.25) is 5.76 Å². The highest BCUT2D eigenvalue weighted by molar-refractivity contribution is 5.37. The van der Waals surface area contributed by atoms with Crippen LogP contribution in [0.15, 0.2) is 11.5 Å². The van der Waals surface area contributed by atoms with Gasteiger partial charge in [-0.25, -0.2) is 0 Å². The average Bonchev–Trinajstić information content (AvgIpc) is 3.48. The van der Waals surface area contributed by atoms with Crippen molar-refractivity contribution in [3.8, 4) is 0 Å². The fourth-order valence-electron chi connectivity index (χ4n) is 5.60. The van der Waals surface area contributed by atoms with Gasteiger partial charge < -0.3 is 28.4 Å². The summed E-state index contributed by atoms with van der Waals surface area (Å²) in [6.07, 6.45) is 7.91. The van der Waals surface area contributed by atoms with Gasteiger partial charge in [0.25, 0.3) is 5.79 Å². The van der Waals surface area contributed by atoms with E-state index in [9.17, 15) is 0 Å². The van der Waals surface area contributed by atoms with Crippen LogP contribution in [0.5, 0.6) is 0 Å². The maximum atomic E-state index is 6.17. The van der Waals surface area contributed by atoms with Crippen molar-refractivity contribution in [2.45, 2.75) is 68.2 Å². The second-order valence-electron chi connectivity index (χ2n) is 8.07. The van der Waals surface area contributed by atoms with Crippen LogP contribution in [-0.2, 0) is 28.4 Å². The van der Waals surface area contributed by atoms with Crippen molar-refractivity contribution in [1.29, 1.82) is 0 Å². The highest BCUT2D eigenvalue weighted by atomic mass is 16.8. The molecule has 3 fully saturated rings. The molecule has 3 heterocycles. The molecule has 6 nitrogen and oxygen atoms in total. The van der Waals surface area contributed by atoms with Crippen LogP contribution in [0.1, 0.15) is 38.5 Å². The fourth-order valence-corrected chi connectivity index (χ4v) is 5.60. The Balaban J connectivity index is 1.39. The maximum absolute atomic E-state index is 6.17. The molecule has 0 spiro atoms. The zero-order chi connectivity index (χ0) is 17.2. The number of fused-ring (bicyclic) bond motifs is 1. The van der Waals surface area contributed by atoms with Gasteiger partial charge in [-0.05, 0) is 38.0 Å². The van der Waals surface area contributed by atoms with Crippen LogP contribution in [0.25, 0.3) is 0 Å². The molecule has 6 unspecified atom stereocenters. The second kappa shape index (κ2) is 5.67. The molecule has 2 saturated heterocycles. The smallest absolute Gasteiger partial charge is 0.264 e. The monoisotopic (exact) mass is 352 g/mol. The van der Waals surface area contributed by atoms with Gasteiger partial charge in [0.05, 0.1) is 18.8 Å². The lowest BCUT2D eigenvalue weighted by atomic mass is 9.69. The summed E-state index contributed by atoms with van der Waals surface area (Å²) in [5, 5.41) is 0. The maximum Gasteiger partial charge on any atom is 0.264 e. The van der Waals surface area contributed by atoms with E-state index >= 15 is 0 Å². The molecule has 6 heteroatoms. The van der Waals surface area contributed by atoms with Crippen molar-refractivity contribution in [2.75, 3.05) is 27.9 Å². The van der Waals surface area contributed by atoms with Gasteiger partial charge in [-0.2, -0.15) is 0 Å². The predicted molar refractivity (Wildman–Crippen MR) is 87.7 cm³/mol. The summed E-state index contributed by atoms with van der Waals surface area (Å²) in [5.74, 6) is 1.80. The summed E-state index contributed by atoms with van der Waals surface area (Å²) in [7, 11) is 5.08. The van der Waals surface area contributed by atoms with Crippen LogP contribution in [-0.4, -0.2) is 57.6 Å². The van der Waals surface area contributed by atoms with Gasteiger partial charge in [-0.1, -0.05) is 0 Å². The molecular formula is C19H28O6. The van der Waals surface area contributed by atoms with E-state index in [0.717, 1.165) is 30.3 Å².